The molecule has 0 bridgehead atoms. The summed E-state index contributed by atoms with van der Waals surface area (Å²) >= 11 is 0. The molecule has 0 heterocycles. The molecule has 0 aliphatic heterocycles. The predicted molar refractivity (Wildman–Crippen MR) is 95.2 cm³/mol. The van der Waals surface area contributed by atoms with Crippen LogP contribution in [0.2, 0.25) is 0 Å². The summed E-state index contributed by atoms with van der Waals surface area (Å²) in [6.45, 7) is 3.67. The predicted octanol–water partition coefficient (Wildman–Crippen LogP) is 5.94. The van der Waals surface area contributed by atoms with Gasteiger partial charge in [0.05, 0.1) is 0 Å². The third-order valence-corrected chi connectivity index (χ3v) is 3.93. The Hall–Kier alpha value is -3.07. The highest BCUT2D eigenvalue weighted by Crippen LogP contribution is 2.31. The number of hydrogen-bond acceptors (Lipinski definition) is 1. The summed E-state index contributed by atoms with van der Waals surface area (Å²) in [4.78, 5) is 0. The van der Waals surface area contributed by atoms with Gasteiger partial charge >= 0.3 is 0 Å². The van der Waals surface area contributed by atoms with Gasteiger partial charge in [0.15, 0.2) is 11.6 Å². The molecule has 118 valence electrons. The van der Waals surface area contributed by atoms with Gasteiger partial charge in [0.2, 0.25) is 0 Å². The monoisotopic (exact) mass is 319 g/mol. The van der Waals surface area contributed by atoms with Crippen molar-refractivity contribution < 1.29 is 8.78 Å². The molecule has 24 heavy (non-hydrogen) atoms. The van der Waals surface area contributed by atoms with E-state index in [1.54, 1.807) is 54.6 Å². The molecule has 1 nitrogen and oxygen atoms in total. The van der Waals surface area contributed by atoms with Crippen molar-refractivity contribution in [2.75, 3.05) is 0 Å². The molecule has 0 atom stereocenters. The van der Waals surface area contributed by atoms with Crippen LogP contribution in [0.1, 0.15) is 11.1 Å². The van der Waals surface area contributed by atoms with Gasteiger partial charge in [0.25, 0.3) is 0 Å². The van der Waals surface area contributed by atoms with Gasteiger partial charge in [0.1, 0.15) is 0 Å². The zero-order valence-electron chi connectivity index (χ0n) is 12.9. The Morgan fingerprint density at radius 2 is 1.08 bits per heavy atom. The zero-order valence-corrected chi connectivity index (χ0v) is 12.9. The maximum atomic E-state index is 14.5. The Balaban J connectivity index is 2.04. The maximum absolute atomic E-state index is 14.5. The van der Waals surface area contributed by atoms with E-state index in [4.69, 9.17) is 5.41 Å². The van der Waals surface area contributed by atoms with Gasteiger partial charge in [-0.1, -0.05) is 73.3 Å². The normalized spacial score (nSPS) is 10.4. The molecule has 3 aromatic rings. The van der Waals surface area contributed by atoms with Gasteiger partial charge in [-0.05, 0) is 22.3 Å². The molecule has 0 amide bonds. The average Bonchev–Trinajstić information content (AvgIpc) is 2.64. The van der Waals surface area contributed by atoms with Crippen molar-refractivity contribution in [1.82, 2.24) is 0 Å². The fourth-order valence-corrected chi connectivity index (χ4v) is 2.55. The molecule has 3 aromatic carbocycles. The van der Waals surface area contributed by atoms with Gasteiger partial charge in [-0.25, -0.2) is 8.78 Å². The van der Waals surface area contributed by atoms with Crippen molar-refractivity contribution in [3.8, 4) is 22.3 Å². The van der Waals surface area contributed by atoms with Crippen molar-refractivity contribution in [3.63, 3.8) is 0 Å². The van der Waals surface area contributed by atoms with Crippen molar-refractivity contribution in [1.29, 1.82) is 5.41 Å². The van der Waals surface area contributed by atoms with Crippen molar-refractivity contribution in [2.24, 2.45) is 0 Å². The largest absolute Gasteiger partial charge is 0.308 e. The lowest BCUT2D eigenvalue weighted by Gasteiger charge is -2.10. The van der Waals surface area contributed by atoms with E-state index in [-0.39, 0.29) is 11.1 Å². The van der Waals surface area contributed by atoms with E-state index in [2.05, 4.69) is 6.58 Å². The minimum Gasteiger partial charge on any atom is -0.308 e. The number of halogens is 2. The number of rotatable bonds is 4. The number of benzene rings is 3. The second-order valence-corrected chi connectivity index (χ2v) is 5.38. The SMILES string of the molecule is C=Cc1ccc(-c2ccc(-c3ccc(C=N)cc3)c(F)c2F)cc1. The first kappa shape index (κ1) is 15.8. The van der Waals surface area contributed by atoms with Crippen LogP contribution in [-0.4, -0.2) is 6.21 Å². The molecule has 3 heteroatoms. The van der Waals surface area contributed by atoms with Crippen LogP contribution in [-0.2, 0) is 0 Å². The first-order chi connectivity index (χ1) is 11.6. The van der Waals surface area contributed by atoms with Crippen molar-refractivity contribution in [2.45, 2.75) is 0 Å². The maximum Gasteiger partial charge on any atom is 0.167 e. The van der Waals surface area contributed by atoms with Crippen LogP contribution in [0, 0.1) is 17.0 Å². The van der Waals surface area contributed by atoms with Crippen LogP contribution >= 0.6 is 0 Å². The minimum absolute atomic E-state index is 0.204. The fraction of sp³-hybridized carbons (Fsp3) is 0. The Morgan fingerprint density at radius 1 is 0.667 bits per heavy atom. The van der Waals surface area contributed by atoms with E-state index in [0.717, 1.165) is 5.56 Å². The quantitative estimate of drug-likeness (QED) is 0.575. The Labute approximate surface area is 139 Å². The molecular weight excluding hydrogens is 304 g/mol. The third kappa shape index (κ3) is 2.88. The molecule has 0 spiro atoms. The summed E-state index contributed by atoms with van der Waals surface area (Å²) in [5.41, 5.74) is 3.24. The summed E-state index contributed by atoms with van der Waals surface area (Å²) < 4.78 is 29.1. The van der Waals surface area contributed by atoms with Gasteiger partial charge in [0, 0.05) is 17.3 Å². The zero-order chi connectivity index (χ0) is 17.1. The standard InChI is InChI=1S/C21H15F2N/c1-2-14-3-7-16(8-4-14)18-11-12-19(21(23)20(18)22)17-9-5-15(13-24)6-10-17/h2-13,24H,1H2. The minimum atomic E-state index is -0.872. The highest BCUT2D eigenvalue weighted by molar-refractivity contribution is 5.79. The molecule has 1 N–H and O–H groups in total. The Kier molecular flexibility index (Phi) is 4.34. The fourth-order valence-electron chi connectivity index (χ4n) is 2.55. The van der Waals surface area contributed by atoms with Crippen LogP contribution in [0.3, 0.4) is 0 Å². The first-order valence-electron chi connectivity index (χ1n) is 7.46. The second kappa shape index (κ2) is 6.59. The highest BCUT2D eigenvalue weighted by atomic mass is 19.2. The van der Waals surface area contributed by atoms with E-state index in [9.17, 15) is 8.78 Å². The van der Waals surface area contributed by atoms with E-state index >= 15 is 0 Å². The van der Waals surface area contributed by atoms with E-state index < -0.39 is 11.6 Å². The van der Waals surface area contributed by atoms with Crippen LogP contribution in [0.4, 0.5) is 8.78 Å². The summed E-state index contributed by atoms with van der Waals surface area (Å²) in [7, 11) is 0. The summed E-state index contributed by atoms with van der Waals surface area (Å²) in [5, 5.41) is 7.18. The van der Waals surface area contributed by atoms with Crippen molar-refractivity contribution >= 4 is 12.3 Å². The smallest absolute Gasteiger partial charge is 0.167 e. The van der Waals surface area contributed by atoms with E-state index in [1.165, 1.54) is 6.21 Å². The van der Waals surface area contributed by atoms with Gasteiger partial charge < -0.3 is 5.41 Å². The Bertz CT molecular complexity index is 818. The van der Waals surface area contributed by atoms with Crippen LogP contribution in [0.25, 0.3) is 28.3 Å². The van der Waals surface area contributed by atoms with E-state index in [0.29, 0.717) is 16.7 Å². The van der Waals surface area contributed by atoms with Crippen LogP contribution in [0.15, 0.2) is 67.2 Å². The molecule has 0 radical (unpaired) electrons. The summed E-state index contributed by atoms with van der Waals surface area (Å²) in [5.74, 6) is -1.74. The average molecular weight is 319 g/mol. The highest BCUT2D eigenvalue weighted by Gasteiger charge is 2.15. The number of hydrogen-bond donors (Lipinski definition) is 1. The van der Waals surface area contributed by atoms with Crippen molar-refractivity contribution in [3.05, 3.63) is 90.0 Å². The second-order valence-electron chi connectivity index (χ2n) is 5.38. The van der Waals surface area contributed by atoms with Crippen LogP contribution in [0.5, 0.6) is 0 Å². The molecule has 0 fully saturated rings. The first-order valence-corrected chi connectivity index (χ1v) is 7.46. The van der Waals surface area contributed by atoms with Gasteiger partial charge in [-0.2, -0.15) is 0 Å². The molecular formula is C21H15F2N. The summed E-state index contributed by atoms with van der Waals surface area (Å²) in [6, 6.07) is 17.0. The molecule has 0 aromatic heterocycles. The molecule has 0 saturated heterocycles. The third-order valence-electron chi connectivity index (χ3n) is 3.93. The Morgan fingerprint density at radius 3 is 1.46 bits per heavy atom. The molecule has 0 aliphatic carbocycles. The lowest BCUT2D eigenvalue weighted by atomic mass is 9.97. The lowest BCUT2D eigenvalue weighted by Crippen LogP contribution is -1.94. The molecule has 0 saturated carbocycles. The van der Waals surface area contributed by atoms with Gasteiger partial charge in [-0.15, -0.1) is 0 Å². The van der Waals surface area contributed by atoms with Gasteiger partial charge in [-0.3, -0.25) is 0 Å². The van der Waals surface area contributed by atoms with Crippen LogP contribution < -0.4 is 0 Å². The molecule has 0 aliphatic rings. The lowest BCUT2D eigenvalue weighted by molar-refractivity contribution is 0.514. The molecule has 0 unspecified atom stereocenters. The van der Waals surface area contributed by atoms with E-state index in [1.807, 2.05) is 12.1 Å². The summed E-state index contributed by atoms with van der Waals surface area (Å²) in [6.07, 6.45) is 2.90. The molecule has 3 rings (SSSR count). The number of nitrogens with one attached hydrogen (secondary N) is 1. The topological polar surface area (TPSA) is 23.9 Å².